The quantitative estimate of drug-likeness (QED) is 0.454. The lowest BCUT2D eigenvalue weighted by Crippen LogP contribution is -2.30. The second kappa shape index (κ2) is 6.91. The van der Waals surface area contributed by atoms with E-state index in [0.717, 1.165) is 33.6 Å². The van der Waals surface area contributed by atoms with Gasteiger partial charge in [0.05, 0.1) is 5.69 Å². The predicted octanol–water partition coefficient (Wildman–Crippen LogP) is 4.53. The zero-order chi connectivity index (χ0) is 16.5. The molecule has 0 aliphatic heterocycles. The number of thiophene rings is 1. The number of thiazole rings is 1. The number of anilines is 1. The van der Waals surface area contributed by atoms with Crippen LogP contribution in [0.3, 0.4) is 0 Å². The molecule has 1 aliphatic rings. The molecule has 0 N–H and O–H groups in total. The molecule has 0 spiro atoms. The van der Waals surface area contributed by atoms with E-state index >= 15 is 0 Å². The van der Waals surface area contributed by atoms with Gasteiger partial charge in [0.15, 0.2) is 4.34 Å². The molecule has 1 amide bonds. The van der Waals surface area contributed by atoms with E-state index in [4.69, 9.17) is 0 Å². The summed E-state index contributed by atoms with van der Waals surface area (Å²) in [4.78, 5) is 18.2. The van der Waals surface area contributed by atoms with Gasteiger partial charge in [-0.05, 0) is 24.3 Å². The van der Waals surface area contributed by atoms with Crippen LogP contribution in [0.2, 0.25) is 0 Å². The molecule has 0 atom stereocenters. The van der Waals surface area contributed by atoms with Gasteiger partial charge in [0.25, 0.3) is 0 Å². The maximum Gasteiger partial charge on any atom is 0.225 e. The summed E-state index contributed by atoms with van der Waals surface area (Å²) in [6.07, 6.45) is 2.12. The van der Waals surface area contributed by atoms with Crippen LogP contribution in [0.4, 0.5) is 5.13 Å². The van der Waals surface area contributed by atoms with E-state index in [1.807, 2.05) is 0 Å². The van der Waals surface area contributed by atoms with Crippen molar-refractivity contribution in [3.8, 4) is 10.6 Å². The third kappa shape index (κ3) is 3.53. The van der Waals surface area contributed by atoms with Gasteiger partial charge in [-0.25, -0.2) is 4.98 Å². The van der Waals surface area contributed by atoms with E-state index in [2.05, 4.69) is 37.4 Å². The van der Waals surface area contributed by atoms with Gasteiger partial charge in [0.2, 0.25) is 11.0 Å². The van der Waals surface area contributed by atoms with Crippen molar-refractivity contribution in [2.45, 2.75) is 35.9 Å². The second-order valence-corrected chi connectivity index (χ2v) is 9.23. The van der Waals surface area contributed by atoms with Crippen molar-refractivity contribution >= 4 is 56.8 Å². The van der Waals surface area contributed by atoms with E-state index in [9.17, 15) is 4.79 Å². The minimum absolute atomic E-state index is 0.0464. The monoisotopic (exact) mass is 394 g/mol. The highest BCUT2D eigenvalue weighted by atomic mass is 32.2. The Labute approximate surface area is 155 Å². The van der Waals surface area contributed by atoms with Crippen LogP contribution >= 0.6 is 45.8 Å². The Hall–Kier alpha value is -1.29. The van der Waals surface area contributed by atoms with Crippen LogP contribution in [0, 0.1) is 0 Å². The van der Waals surface area contributed by atoms with E-state index in [-0.39, 0.29) is 5.91 Å². The van der Waals surface area contributed by atoms with Gasteiger partial charge in [0, 0.05) is 35.0 Å². The van der Waals surface area contributed by atoms with Gasteiger partial charge in [-0.3, -0.25) is 9.69 Å². The average molecular weight is 395 g/mol. The second-order valence-electron chi connectivity index (χ2n) is 5.42. The van der Waals surface area contributed by atoms with Gasteiger partial charge in [0.1, 0.15) is 5.01 Å². The maximum absolute atomic E-state index is 11.8. The van der Waals surface area contributed by atoms with Gasteiger partial charge < -0.3 is 0 Å². The summed E-state index contributed by atoms with van der Waals surface area (Å²) in [5, 5.41) is 16.4. The molecular weight excluding hydrogens is 380 g/mol. The molecule has 1 aliphatic carbocycles. The third-order valence-electron chi connectivity index (χ3n) is 3.52. The van der Waals surface area contributed by atoms with Crippen LogP contribution in [0.5, 0.6) is 0 Å². The number of nitrogens with zero attached hydrogens (tertiary/aromatic N) is 4. The Balaban J connectivity index is 1.40. The van der Waals surface area contributed by atoms with Crippen LogP contribution in [-0.2, 0) is 10.5 Å². The summed E-state index contributed by atoms with van der Waals surface area (Å²) in [6, 6.07) is 2.41. The first-order chi connectivity index (χ1) is 11.7. The van der Waals surface area contributed by atoms with Crippen LogP contribution in [-0.4, -0.2) is 27.1 Å². The topological polar surface area (TPSA) is 59.0 Å². The number of carbonyl (C=O) groups excluding carboxylic acids is 1. The fraction of sp³-hybridized carbons (Fsp3) is 0.333. The number of rotatable bonds is 6. The highest BCUT2D eigenvalue weighted by Gasteiger charge is 2.34. The summed E-state index contributed by atoms with van der Waals surface area (Å²) in [5.41, 5.74) is 2.23. The first kappa shape index (κ1) is 16.2. The average Bonchev–Trinajstić information content (AvgIpc) is 3.02. The molecular formula is C15H14N4OS4. The predicted molar refractivity (Wildman–Crippen MR) is 101 cm³/mol. The fourth-order valence-corrected chi connectivity index (χ4v) is 5.75. The minimum Gasteiger partial charge on any atom is -0.284 e. The molecule has 5 nitrogen and oxygen atoms in total. The van der Waals surface area contributed by atoms with Crippen molar-refractivity contribution in [1.29, 1.82) is 0 Å². The molecule has 1 fully saturated rings. The van der Waals surface area contributed by atoms with Crippen LogP contribution in [0.25, 0.3) is 10.6 Å². The van der Waals surface area contributed by atoms with E-state index in [1.165, 1.54) is 16.9 Å². The summed E-state index contributed by atoms with van der Waals surface area (Å²) in [7, 11) is 0. The number of aromatic nitrogens is 3. The van der Waals surface area contributed by atoms with Crippen LogP contribution < -0.4 is 4.90 Å². The van der Waals surface area contributed by atoms with E-state index in [0.29, 0.717) is 11.2 Å². The Morgan fingerprint density at radius 3 is 2.96 bits per heavy atom. The molecule has 0 radical (unpaired) electrons. The fourth-order valence-electron chi connectivity index (χ4n) is 2.27. The Kier molecular flexibility index (Phi) is 4.66. The molecule has 0 aromatic carbocycles. The largest absolute Gasteiger partial charge is 0.284 e. The van der Waals surface area contributed by atoms with Gasteiger partial charge >= 0.3 is 0 Å². The first-order valence-corrected chi connectivity index (χ1v) is 11.1. The van der Waals surface area contributed by atoms with Crippen molar-refractivity contribution in [3.63, 3.8) is 0 Å². The van der Waals surface area contributed by atoms with Crippen LogP contribution in [0.1, 0.15) is 25.5 Å². The Morgan fingerprint density at radius 1 is 1.38 bits per heavy atom. The Bertz CT molecular complexity index is 837. The van der Waals surface area contributed by atoms with Crippen molar-refractivity contribution < 1.29 is 4.79 Å². The van der Waals surface area contributed by atoms with Crippen molar-refractivity contribution in [2.75, 3.05) is 4.90 Å². The van der Waals surface area contributed by atoms with Crippen molar-refractivity contribution in [1.82, 2.24) is 15.2 Å². The molecule has 1 saturated carbocycles. The van der Waals surface area contributed by atoms with E-state index < -0.39 is 0 Å². The summed E-state index contributed by atoms with van der Waals surface area (Å²) >= 11 is 6.45. The SMILES string of the molecule is CC(=O)N(c1nnc(SCc2csc(-c3ccsc3)n2)s1)C1CC1. The summed E-state index contributed by atoms with van der Waals surface area (Å²) in [6.45, 7) is 1.59. The molecule has 3 heterocycles. The molecule has 9 heteroatoms. The smallest absolute Gasteiger partial charge is 0.225 e. The molecule has 3 aromatic heterocycles. The van der Waals surface area contributed by atoms with Gasteiger partial charge in [-0.1, -0.05) is 23.1 Å². The molecule has 124 valence electrons. The third-order valence-corrected chi connectivity index (χ3v) is 7.23. The molecule has 0 unspecified atom stereocenters. The first-order valence-electron chi connectivity index (χ1n) is 7.44. The molecule has 3 aromatic rings. The van der Waals surface area contributed by atoms with Crippen molar-refractivity contribution in [2.24, 2.45) is 0 Å². The molecule has 24 heavy (non-hydrogen) atoms. The van der Waals surface area contributed by atoms with Crippen LogP contribution in [0.15, 0.2) is 26.5 Å². The highest BCUT2D eigenvalue weighted by molar-refractivity contribution is 8.00. The normalized spacial score (nSPS) is 14.0. The lowest BCUT2D eigenvalue weighted by molar-refractivity contribution is -0.116. The molecule has 4 rings (SSSR count). The lowest BCUT2D eigenvalue weighted by Gasteiger charge is -2.15. The zero-order valence-electron chi connectivity index (χ0n) is 12.8. The maximum atomic E-state index is 11.8. The highest BCUT2D eigenvalue weighted by Crippen LogP contribution is 2.36. The van der Waals surface area contributed by atoms with E-state index in [1.54, 1.807) is 46.3 Å². The number of carbonyl (C=O) groups is 1. The molecule has 0 saturated heterocycles. The Morgan fingerprint density at radius 2 is 2.25 bits per heavy atom. The van der Waals surface area contributed by atoms with Gasteiger partial charge in [-0.15, -0.1) is 21.5 Å². The molecule has 0 bridgehead atoms. The lowest BCUT2D eigenvalue weighted by atomic mass is 10.4. The number of hydrogen-bond donors (Lipinski definition) is 0. The summed E-state index contributed by atoms with van der Waals surface area (Å²) in [5.74, 6) is 0.809. The number of thioether (sulfide) groups is 1. The zero-order valence-corrected chi connectivity index (χ0v) is 16.1. The number of amides is 1. The standard InChI is InChI=1S/C15H14N4OS4/c1-9(20)19(12-2-3-12)14-17-18-15(24-14)23-8-11-7-22-13(16-11)10-4-5-21-6-10/h4-7,12H,2-3,8H2,1H3. The van der Waals surface area contributed by atoms with Gasteiger partial charge in [-0.2, -0.15) is 11.3 Å². The minimum atomic E-state index is 0.0464. The number of hydrogen-bond acceptors (Lipinski definition) is 8. The van der Waals surface area contributed by atoms with Crippen molar-refractivity contribution in [3.05, 3.63) is 27.9 Å². The summed E-state index contributed by atoms with van der Waals surface area (Å²) < 4.78 is 0.877.